The third-order valence-corrected chi connectivity index (χ3v) is 6.53. The van der Waals surface area contributed by atoms with E-state index in [0.29, 0.717) is 13.1 Å². The van der Waals surface area contributed by atoms with Crippen molar-refractivity contribution in [3.05, 3.63) is 42.2 Å². The number of nitrogens with one attached hydrogen (secondary N) is 1. The summed E-state index contributed by atoms with van der Waals surface area (Å²) in [5.41, 5.74) is 1.33. The molecule has 5 rings (SSSR count). The Kier molecular flexibility index (Phi) is 4.07. The number of aromatic nitrogens is 2. The number of hydrogen-bond acceptors (Lipinski definition) is 4. The zero-order valence-electron chi connectivity index (χ0n) is 17.0. The Labute approximate surface area is 169 Å². The molecular weight excluding hydrogens is 368 g/mol. The molecule has 4 atom stereocenters. The standard InChI is InChI=1S/C22H26N4O3/c1-4-25-15-8-6-5-7-14(15)24-17(25)11-23-20(27)18-16-9-10-22(29-16)12-26(13(2)3)21(28)19(18)22/h5-10,13,16,18-19H,4,11-12H2,1-3H3,(H,23,27)/t16-,18+,19+,22+/m1/s1. The highest BCUT2D eigenvalue weighted by atomic mass is 16.5. The second-order valence-corrected chi connectivity index (χ2v) is 8.44. The first-order chi connectivity index (χ1) is 13.9. The molecule has 29 heavy (non-hydrogen) atoms. The van der Waals surface area contributed by atoms with Gasteiger partial charge >= 0.3 is 0 Å². The molecule has 1 aromatic carbocycles. The van der Waals surface area contributed by atoms with Crippen LogP contribution in [0, 0.1) is 11.8 Å². The second-order valence-electron chi connectivity index (χ2n) is 8.44. The lowest BCUT2D eigenvalue weighted by atomic mass is 9.77. The Morgan fingerprint density at radius 3 is 2.93 bits per heavy atom. The number of aryl methyl sites for hydroxylation is 1. The molecule has 2 aromatic rings. The monoisotopic (exact) mass is 394 g/mol. The van der Waals surface area contributed by atoms with Crippen molar-refractivity contribution >= 4 is 22.8 Å². The predicted octanol–water partition coefficient (Wildman–Crippen LogP) is 1.86. The van der Waals surface area contributed by atoms with E-state index in [-0.39, 0.29) is 24.0 Å². The lowest BCUT2D eigenvalue weighted by molar-refractivity contribution is -0.138. The third kappa shape index (κ3) is 2.56. The van der Waals surface area contributed by atoms with Crippen molar-refractivity contribution in [2.75, 3.05) is 6.54 Å². The topological polar surface area (TPSA) is 76.5 Å². The summed E-state index contributed by atoms with van der Waals surface area (Å²) < 4.78 is 8.26. The molecule has 0 radical (unpaired) electrons. The van der Waals surface area contributed by atoms with E-state index in [1.54, 1.807) is 0 Å². The van der Waals surface area contributed by atoms with E-state index < -0.39 is 17.4 Å². The van der Waals surface area contributed by atoms with Gasteiger partial charge in [0, 0.05) is 12.6 Å². The first-order valence-electron chi connectivity index (χ1n) is 10.3. The highest BCUT2D eigenvalue weighted by molar-refractivity contribution is 5.93. The van der Waals surface area contributed by atoms with Crippen LogP contribution >= 0.6 is 0 Å². The van der Waals surface area contributed by atoms with E-state index in [2.05, 4.69) is 21.8 Å². The van der Waals surface area contributed by atoms with Crippen LogP contribution in [0.4, 0.5) is 0 Å². The lowest BCUT2D eigenvalue weighted by Crippen LogP contribution is -2.44. The molecule has 3 aliphatic heterocycles. The molecule has 2 fully saturated rings. The maximum atomic E-state index is 13.2. The van der Waals surface area contributed by atoms with Crippen LogP contribution < -0.4 is 5.32 Å². The fourth-order valence-electron chi connectivity index (χ4n) is 5.16. The summed E-state index contributed by atoms with van der Waals surface area (Å²) in [7, 11) is 0. The molecule has 1 aromatic heterocycles. The first-order valence-corrected chi connectivity index (χ1v) is 10.3. The largest absolute Gasteiger partial charge is 0.360 e. The van der Waals surface area contributed by atoms with Gasteiger partial charge in [0.15, 0.2) is 0 Å². The van der Waals surface area contributed by atoms with Gasteiger partial charge in [0.05, 0.1) is 42.1 Å². The van der Waals surface area contributed by atoms with Crippen molar-refractivity contribution in [1.29, 1.82) is 0 Å². The SMILES string of the molecule is CCn1c(CNC(=O)[C@@H]2[C@H]3C(=O)N(C(C)C)C[C@@]34C=C[C@H]2O4)nc2ccccc21. The summed E-state index contributed by atoms with van der Waals surface area (Å²) >= 11 is 0. The molecule has 152 valence electrons. The number of imidazole rings is 1. The molecule has 0 aliphatic carbocycles. The van der Waals surface area contributed by atoms with Crippen molar-refractivity contribution in [1.82, 2.24) is 19.8 Å². The number of rotatable bonds is 5. The smallest absolute Gasteiger partial charge is 0.230 e. The van der Waals surface area contributed by atoms with Crippen molar-refractivity contribution in [2.45, 2.75) is 51.6 Å². The number of nitrogens with zero attached hydrogens (tertiary/aromatic N) is 3. The average Bonchev–Trinajstić information content (AvgIpc) is 3.43. The molecular formula is C22H26N4O3. The quantitative estimate of drug-likeness (QED) is 0.786. The maximum absolute atomic E-state index is 13.2. The summed E-state index contributed by atoms with van der Waals surface area (Å²) in [6.45, 7) is 7.69. The molecule has 2 bridgehead atoms. The minimum Gasteiger partial charge on any atom is -0.360 e. The van der Waals surface area contributed by atoms with Crippen LogP contribution in [0.3, 0.4) is 0 Å². The fourth-order valence-corrected chi connectivity index (χ4v) is 5.16. The van der Waals surface area contributed by atoms with Crippen LogP contribution in [0.25, 0.3) is 11.0 Å². The molecule has 1 N–H and O–H groups in total. The van der Waals surface area contributed by atoms with E-state index in [0.717, 1.165) is 23.4 Å². The van der Waals surface area contributed by atoms with Crippen molar-refractivity contribution in [2.24, 2.45) is 11.8 Å². The highest BCUT2D eigenvalue weighted by Gasteiger charge is 2.67. The molecule has 7 nitrogen and oxygen atoms in total. The number of para-hydroxylation sites is 2. The molecule has 0 unspecified atom stereocenters. The molecule has 2 amide bonds. The third-order valence-electron chi connectivity index (χ3n) is 6.53. The van der Waals surface area contributed by atoms with Crippen LogP contribution in [-0.4, -0.2) is 50.6 Å². The Hall–Kier alpha value is -2.67. The van der Waals surface area contributed by atoms with Crippen molar-refractivity contribution in [3.8, 4) is 0 Å². The molecule has 3 aliphatic rings. The van der Waals surface area contributed by atoms with Gasteiger partial charge in [-0.2, -0.15) is 0 Å². The Morgan fingerprint density at radius 2 is 2.17 bits per heavy atom. The summed E-state index contributed by atoms with van der Waals surface area (Å²) in [5, 5.41) is 3.03. The average molecular weight is 394 g/mol. The number of fused-ring (bicyclic) bond motifs is 2. The van der Waals surface area contributed by atoms with Gasteiger partial charge in [-0.3, -0.25) is 9.59 Å². The summed E-state index contributed by atoms with van der Waals surface area (Å²) in [6.07, 6.45) is 3.60. The zero-order chi connectivity index (χ0) is 20.3. The molecule has 4 heterocycles. The highest BCUT2D eigenvalue weighted by Crippen LogP contribution is 2.52. The van der Waals surface area contributed by atoms with Crippen LogP contribution in [0.5, 0.6) is 0 Å². The van der Waals surface area contributed by atoms with Gasteiger partial charge < -0.3 is 19.5 Å². The van der Waals surface area contributed by atoms with Gasteiger partial charge in [-0.15, -0.1) is 0 Å². The number of hydrogen-bond donors (Lipinski definition) is 1. The fraction of sp³-hybridized carbons (Fsp3) is 0.500. The van der Waals surface area contributed by atoms with Gasteiger partial charge in [-0.25, -0.2) is 4.98 Å². The summed E-state index contributed by atoms with van der Waals surface area (Å²) in [4.78, 5) is 32.7. The van der Waals surface area contributed by atoms with Gasteiger partial charge in [-0.1, -0.05) is 24.3 Å². The molecule has 2 saturated heterocycles. The Bertz CT molecular complexity index is 1030. The number of amides is 2. The molecule has 0 saturated carbocycles. The van der Waals surface area contributed by atoms with Crippen LogP contribution in [0.15, 0.2) is 36.4 Å². The number of benzene rings is 1. The summed E-state index contributed by atoms with van der Waals surface area (Å²) in [6, 6.07) is 8.05. The summed E-state index contributed by atoms with van der Waals surface area (Å²) in [5.74, 6) is -0.230. The Balaban J connectivity index is 1.37. The van der Waals surface area contributed by atoms with E-state index in [9.17, 15) is 9.59 Å². The maximum Gasteiger partial charge on any atom is 0.230 e. The van der Waals surface area contributed by atoms with E-state index in [1.807, 2.05) is 55.2 Å². The zero-order valence-corrected chi connectivity index (χ0v) is 17.0. The van der Waals surface area contributed by atoms with E-state index in [4.69, 9.17) is 4.74 Å². The number of likely N-dealkylation sites (tertiary alicyclic amines) is 1. The van der Waals surface area contributed by atoms with Crippen LogP contribution in [-0.2, 0) is 27.4 Å². The second kappa shape index (κ2) is 6.42. The van der Waals surface area contributed by atoms with Crippen molar-refractivity contribution < 1.29 is 14.3 Å². The van der Waals surface area contributed by atoms with E-state index in [1.165, 1.54) is 0 Å². The minimum absolute atomic E-state index is 0.0211. The predicted molar refractivity (Wildman–Crippen MR) is 108 cm³/mol. The normalized spacial score (nSPS) is 30.0. The molecule has 7 heteroatoms. The number of ether oxygens (including phenoxy) is 1. The van der Waals surface area contributed by atoms with Gasteiger partial charge in [0.2, 0.25) is 11.8 Å². The van der Waals surface area contributed by atoms with Gasteiger partial charge in [0.25, 0.3) is 0 Å². The lowest BCUT2D eigenvalue weighted by Gasteiger charge is -2.24. The van der Waals surface area contributed by atoms with E-state index >= 15 is 0 Å². The number of carbonyl (C=O) groups is 2. The minimum atomic E-state index is -0.648. The molecule has 1 spiro atoms. The van der Waals surface area contributed by atoms with Gasteiger partial charge in [0.1, 0.15) is 11.4 Å². The van der Waals surface area contributed by atoms with Crippen molar-refractivity contribution in [3.63, 3.8) is 0 Å². The van der Waals surface area contributed by atoms with Crippen LogP contribution in [0.1, 0.15) is 26.6 Å². The first kappa shape index (κ1) is 18.4. The number of carbonyl (C=O) groups excluding carboxylic acids is 2. The van der Waals surface area contributed by atoms with Crippen LogP contribution in [0.2, 0.25) is 0 Å². The van der Waals surface area contributed by atoms with Gasteiger partial charge in [-0.05, 0) is 32.9 Å². The Morgan fingerprint density at radius 1 is 1.38 bits per heavy atom.